The number of benzene rings is 1. The molecule has 1 aliphatic carbocycles. The Hall–Kier alpha value is -1.97. The zero-order valence-corrected chi connectivity index (χ0v) is 12.0. The number of hydrogen-bond acceptors (Lipinski definition) is 1. The van der Waals surface area contributed by atoms with Gasteiger partial charge >= 0.3 is 6.03 Å². The number of urea groups is 1. The van der Waals surface area contributed by atoms with E-state index in [4.69, 9.17) is 0 Å². The summed E-state index contributed by atoms with van der Waals surface area (Å²) < 4.78 is 0. The third-order valence-corrected chi connectivity index (χ3v) is 4.25. The molecule has 0 radical (unpaired) electrons. The van der Waals surface area contributed by atoms with Gasteiger partial charge in [-0.3, -0.25) is 0 Å². The number of carbonyl (C=O) groups excluding carboxylic acids is 1. The van der Waals surface area contributed by atoms with Crippen molar-refractivity contribution < 1.29 is 4.79 Å². The molecule has 2 amide bonds. The molecule has 0 spiro atoms. The van der Waals surface area contributed by atoms with Gasteiger partial charge in [-0.1, -0.05) is 18.2 Å². The number of fused-ring (bicyclic) bond motifs is 1. The molecule has 4 heteroatoms. The van der Waals surface area contributed by atoms with E-state index in [0.29, 0.717) is 18.5 Å². The molecule has 2 aromatic rings. The van der Waals surface area contributed by atoms with Crippen LogP contribution < -0.4 is 5.32 Å². The van der Waals surface area contributed by atoms with Crippen LogP contribution in [0.25, 0.3) is 10.9 Å². The second kappa shape index (κ2) is 5.19. The zero-order valence-electron chi connectivity index (χ0n) is 12.0. The number of amides is 2. The van der Waals surface area contributed by atoms with E-state index in [0.717, 1.165) is 11.2 Å². The van der Waals surface area contributed by atoms with Crippen molar-refractivity contribution in [2.75, 3.05) is 7.05 Å². The summed E-state index contributed by atoms with van der Waals surface area (Å²) in [5.74, 6) is 0.693. The number of aromatic amines is 1. The molecule has 1 aromatic carbocycles. The average Bonchev–Trinajstić information content (AvgIpc) is 3.22. The molecule has 1 aromatic heterocycles. The van der Waals surface area contributed by atoms with Crippen LogP contribution in [0.5, 0.6) is 0 Å². The van der Waals surface area contributed by atoms with Gasteiger partial charge in [0.15, 0.2) is 0 Å². The predicted molar refractivity (Wildman–Crippen MR) is 80.5 cm³/mol. The van der Waals surface area contributed by atoms with Crippen LogP contribution in [-0.4, -0.2) is 29.0 Å². The number of aromatic nitrogens is 1. The number of nitrogens with one attached hydrogen (secondary N) is 2. The molecular formula is C16H21N3O. The molecule has 1 saturated carbocycles. The van der Waals surface area contributed by atoms with Crippen molar-refractivity contribution in [2.45, 2.75) is 32.4 Å². The maximum absolute atomic E-state index is 12.1. The zero-order chi connectivity index (χ0) is 14.1. The van der Waals surface area contributed by atoms with Crippen LogP contribution in [0.4, 0.5) is 4.79 Å². The van der Waals surface area contributed by atoms with Gasteiger partial charge in [-0.05, 0) is 43.2 Å². The van der Waals surface area contributed by atoms with Crippen LogP contribution >= 0.6 is 0 Å². The van der Waals surface area contributed by atoms with E-state index in [9.17, 15) is 4.79 Å². The van der Waals surface area contributed by atoms with Gasteiger partial charge in [0.1, 0.15) is 0 Å². The van der Waals surface area contributed by atoms with Crippen molar-refractivity contribution in [1.29, 1.82) is 0 Å². The van der Waals surface area contributed by atoms with Crippen molar-refractivity contribution in [3.63, 3.8) is 0 Å². The van der Waals surface area contributed by atoms with Crippen molar-refractivity contribution in [2.24, 2.45) is 5.92 Å². The third kappa shape index (κ3) is 2.64. The lowest BCUT2D eigenvalue weighted by molar-refractivity contribution is 0.187. The number of para-hydroxylation sites is 1. The molecule has 1 atom stereocenters. The molecule has 20 heavy (non-hydrogen) atoms. The van der Waals surface area contributed by atoms with Crippen molar-refractivity contribution >= 4 is 16.9 Å². The molecule has 1 heterocycles. The summed E-state index contributed by atoms with van der Waals surface area (Å²) in [6.45, 7) is 2.66. The van der Waals surface area contributed by atoms with Gasteiger partial charge in [0, 0.05) is 24.3 Å². The maximum Gasteiger partial charge on any atom is 0.317 e. The molecule has 106 valence electrons. The molecule has 0 bridgehead atoms. The average molecular weight is 271 g/mol. The molecule has 3 rings (SSSR count). The Morgan fingerprint density at radius 1 is 1.45 bits per heavy atom. The molecule has 1 fully saturated rings. The van der Waals surface area contributed by atoms with E-state index in [1.807, 2.05) is 30.1 Å². The third-order valence-electron chi connectivity index (χ3n) is 4.25. The van der Waals surface area contributed by atoms with E-state index in [1.54, 1.807) is 0 Å². The Morgan fingerprint density at radius 3 is 2.90 bits per heavy atom. The van der Waals surface area contributed by atoms with Gasteiger partial charge in [0.2, 0.25) is 0 Å². The molecule has 2 N–H and O–H groups in total. The minimum absolute atomic E-state index is 0.00283. The number of carbonyl (C=O) groups is 1. The second-order valence-corrected chi connectivity index (χ2v) is 5.73. The van der Waals surface area contributed by atoms with Crippen LogP contribution in [-0.2, 0) is 6.54 Å². The SMILES string of the molecule is C[C@@H](C1CC1)N(C)C(=O)NCc1cc2ccccc2[nH]1. The molecular weight excluding hydrogens is 250 g/mol. The number of H-pyrrole nitrogens is 1. The largest absolute Gasteiger partial charge is 0.357 e. The predicted octanol–water partition coefficient (Wildman–Crippen LogP) is 3.11. The molecule has 0 unspecified atom stereocenters. The molecule has 0 aliphatic heterocycles. The van der Waals surface area contributed by atoms with Gasteiger partial charge in [-0.2, -0.15) is 0 Å². The van der Waals surface area contributed by atoms with E-state index in [1.165, 1.54) is 18.2 Å². The summed E-state index contributed by atoms with van der Waals surface area (Å²) in [7, 11) is 1.88. The van der Waals surface area contributed by atoms with Crippen molar-refractivity contribution in [3.8, 4) is 0 Å². The number of rotatable bonds is 4. The van der Waals surface area contributed by atoms with Crippen molar-refractivity contribution in [3.05, 3.63) is 36.0 Å². The topological polar surface area (TPSA) is 48.1 Å². The summed E-state index contributed by atoms with van der Waals surface area (Å²) in [5.41, 5.74) is 2.14. The molecule has 1 aliphatic rings. The first-order valence-electron chi connectivity index (χ1n) is 7.22. The van der Waals surface area contributed by atoms with Gasteiger partial charge in [0.25, 0.3) is 0 Å². The van der Waals surface area contributed by atoms with E-state index in [2.05, 4.69) is 29.4 Å². The lowest BCUT2D eigenvalue weighted by Crippen LogP contribution is -2.43. The summed E-state index contributed by atoms with van der Waals surface area (Å²) in [4.78, 5) is 17.2. The fourth-order valence-electron chi connectivity index (χ4n) is 2.60. The number of nitrogens with zero attached hydrogens (tertiary/aromatic N) is 1. The fraction of sp³-hybridized carbons (Fsp3) is 0.438. The first-order chi connectivity index (χ1) is 9.65. The fourth-order valence-corrected chi connectivity index (χ4v) is 2.60. The van der Waals surface area contributed by atoms with Gasteiger partial charge in [-0.25, -0.2) is 4.79 Å². The van der Waals surface area contributed by atoms with Gasteiger partial charge < -0.3 is 15.2 Å². The Kier molecular flexibility index (Phi) is 3.38. The van der Waals surface area contributed by atoms with Crippen molar-refractivity contribution in [1.82, 2.24) is 15.2 Å². The summed E-state index contributed by atoms with van der Waals surface area (Å²) in [6, 6.07) is 10.6. The normalized spacial score (nSPS) is 16.1. The molecule has 4 nitrogen and oxygen atoms in total. The highest BCUT2D eigenvalue weighted by Gasteiger charge is 2.32. The standard InChI is InChI=1S/C16H21N3O/c1-11(12-7-8-12)19(2)16(20)17-10-14-9-13-5-3-4-6-15(13)18-14/h3-6,9,11-12,18H,7-8,10H2,1-2H3,(H,17,20)/t11-/m0/s1. The highest BCUT2D eigenvalue weighted by molar-refractivity contribution is 5.80. The minimum Gasteiger partial charge on any atom is -0.357 e. The monoisotopic (exact) mass is 271 g/mol. The lowest BCUT2D eigenvalue weighted by atomic mass is 10.2. The van der Waals surface area contributed by atoms with Crippen LogP contribution in [0.2, 0.25) is 0 Å². The highest BCUT2D eigenvalue weighted by Crippen LogP contribution is 2.34. The quantitative estimate of drug-likeness (QED) is 0.882. The summed E-state index contributed by atoms with van der Waals surface area (Å²) in [6.07, 6.45) is 2.50. The van der Waals surface area contributed by atoms with Gasteiger partial charge in [-0.15, -0.1) is 0 Å². The Morgan fingerprint density at radius 2 is 2.20 bits per heavy atom. The van der Waals surface area contributed by atoms with E-state index < -0.39 is 0 Å². The van der Waals surface area contributed by atoms with Crippen LogP contribution in [0.1, 0.15) is 25.5 Å². The van der Waals surface area contributed by atoms with Crippen LogP contribution in [0.3, 0.4) is 0 Å². The Balaban J connectivity index is 1.59. The first kappa shape index (κ1) is 13.0. The second-order valence-electron chi connectivity index (χ2n) is 5.73. The van der Waals surface area contributed by atoms with E-state index >= 15 is 0 Å². The van der Waals surface area contributed by atoms with Crippen LogP contribution in [0, 0.1) is 5.92 Å². The lowest BCUT2D eigenvalue weighted by Gasteiger charge is -2.25. The summed E-state index contributed by atoms with van der Waals surface area (Å²) >= 11 is 0. The Bertz CT molecular complexity index is 582. The summed E-state index contributed by atoms with van der Waals surface area (Å²) in [5, 5.41) is 4.16. The smallest absolute Gasteiger partial charge is 0.317 e. The Labute approximate surface area is 119 Å². The minimum atomic E-state index is 0.00283. The first-order valence-corrected chi connectivity index (χ1v) is 7.22. The van der Waals surface area contributed by atoms with Crippen LogP contribution in [0.15, 0.2) is 30.3 Å². The number of hydrogen-bond donors (Lipinski definition) is 2. The maximum atomic E-state index is 12.1. The van der Waals surface area contributed by atoms with E-state index in [-0.39, 0.29) is 6.03 Å². The highest BCUT2D eigenvalue weighted by atomic mass is 16.2. The molecule has 0 saturated heterocycles. The van der Waals surface area contributed by atoms with Gasteiger partial charge in [0.05, 0.1) is 6.54 Å².